The lowest BCUT2D eigenvalue weighted by Gasteiger charge is -2.07. The Bertz CT molecular complexity index is 289. The second-order valence-electron chi connectivity index (χ2n) is 3.88. The number of hydrogen-bond donors (Lipinski definition) is 1. The lowest BCUT2D eigenvalue weighted by Crippen LogP contribution is -2.22. The van der Waals surface area contributed by atoms with E-state index in [2.05, 4.69) is 19.2 Å². The van der Waals surface area contributed by atoms with E-state index in [0.29, 0.717) is 5.92 Å². The molecule has 0 bridgehead atoms. The van der Waals surface area contributed by atoms with Crippen LogP contribution in [0, 0.1) is 11.7 Å². The Morgan fingerprint density at radius 2 is 2.07 bits per heavy atom. The van der Waals surface area contributed by atoms with Gasteiger partial charge in [-0.1, -0.05) is 26.0 Å². The van der Waals surface area contributed by atoms with Crippen LogP contribution in [0.5, 0.6) is 0 Å². The molecule has 0 saturated heterocycles. The topological polar surface area (TPSA) is 12.0 Å². The van der Waals surface area contributed by atoms with Crippen LogP contribution in [0.4, 0.5) is 4.39 Å². The van der Waals surface area contributed by atoms with Crippen molar-refractivity contribution in [2.45, 2.75) is 18.7 Å². The molecule has 15 heavy (non-hydrogen) atoms. The Morgan fingerprint density at radius 3 is 2.73 bits per heavy atom. The van der Waals surface area contributed by atoms with Crippen LogP contribution in [0.1, 0.15) is 13.8 Å². The summed E-state index contributed by atoms with van der Waals surface area (Å²) >= 11 is 1.56. The van der Waals surface area contributed by atoms with Crippen LogP contribution < -0.4 is 5.32 Å². The fraction of sp³-hybridized carbons (Fsp3) is 0.500. The maximum Gasteiger partial charge on any atom is 0.136 e. The van der Waals surface area contributed by atoms with Crippen molar-refractivity contribution in [3.63, 3.8) is 0 Å². The zero-order valence-electron chi connectivity index (χ0n) is 9.29. The van der Waals surface area contributed by atoms with Crippen molar-refractivity contribution in [1.82, 2.24) is 5.32 Å². The van der Waals surface area contributed by atoms with E-state index in [1.54, 1.807) is 17.8 Å². The number of hydrogen-bond acceptors (Lipinski definition) is 2. The number of nitrogens with one attached hydrogen (secondary N) is 1. The molecule has 0 spiro atoms. The summed E-state index contributed by atoms with van der Waals surface area (Å²) in [6.07, 6.45) is 0. The highest BCUT2D eigenvalue weighted by molar-refractivity contribution is 7.99. The van der Waals surface area contributed by atoms with E-state index in [4.69, 9.17) is 0 Å². The smallest absolute Gasteiger partial charge is 0.136 e. The molecule has 1 N–H and O–H groups in total. The largest absolute Gasteiger partial charge is 0.316 e. The minimum atomic E-state index is -0.119. The summed E-state index contributed by atoms with van der Waals surface area (Å²) in [6.45, 7) is 6.31. The number of benzene rings is 1. The van der Waals surface area contributed by atoms with Gasteiger partial charge in [-0.15, -0.1) is 11.8 Å². The van der Waals surface area contributed by atoms with Crippen LogP contribution in [0.25, 0.3) is 0 Å². The van der Waals surface area contributed by atoms with Crippen molar-refractivity contribution in [2.75, 3.05) is 18.8 Å². The van der Waals surface area contributed by atoms with Gasteiger partial charge in [0.1, 0.15) is 5.82 Å². The van der Waals surface area contributed by atoms with Crippen molar-refractivity contribution >= 4 is 11.8 Å². The molecule has 0 aromatic heterocycles. The van der Waals surface area contributed by atoms with E-state index < -0.39 is 0 Å². The molecule has 3 heteroatoms. The summed E-state index contributed by atoms with van der Waals surface area (Å²) in [5.74, 6) is 1.46. The molecule has 0 unspecified atom stereocenters. The van der Waals surface area contributed by atoms with Gasteiger partial charge in [-0.05, 0) is 24.6 Å². The van der Waals surface area contributed by atoms with E-state index in [1.165, 1.54) is 6.07 Å². The fourth-order valence-electron chi connectivity index (χ4n) is 1.19. The van der Waals surface area contributed by atoms with Gasteiger partial charge in [-0.2, -0.15) is 0 Å². The highest BCUT2D eigenvalue weighted by atomic mass is 32.2. The first-order chi connectivity index (χ1) is 7.20. The van der Waals surface area contributed by atoms with Gasteiger partial charge in [0.05, 0.1) is 0 Å². The Hall–Kier alpha value is -0.540. The second-order valence-corrected chi connectivity index (χ2v) is 5.01. The third kappa shape index (κ3) is 5.19. The molecular weight excluding hydrogens is 209 g/mol. The van der Waals surface area contributed by atoms with Crippen molar-refractivity contribution in [3.05, 3.63) is 30.1 Å². The Morgan fingerprint density at radius 1 is 1.33 bits per heavy atom. The quantitative estimate of drug-likeness (QED) is 0.592. The summed E-state index contributed by atoms with van der Waals surface area (Å²) in [7, 11) is 0. The second kappa shape index (κ2) is 6.85. The molecular formula is C12H18FNS. The third-order valence-electron chi connectivity index (χ3n) is 1.93. The Balaban J connectivity index is 2.18. The van der Waals surface area contributed by atoms with E-state index in [9.17, 15) is 4.39 Å². The molecule has 0 saturated carbocycles. The minimum Gasteiger partial charge on any atom is -0.316 e. The molecule has 1 nitrogen and oxygen atoms in total. The molecule has 0 fully saturated rings. The number of rotatable bonds is 6. The molecule has 0 heterocycles. The summed E-state index contributed by atoms with van der Waals surface area (Å²) in [6, 6.07) is 6.91. The monoisotopic (exact) mass is 227 g/mol. The number of thioether (sulfide) groups is 1. The van der Waals surface area contributed by atoms with Gasteiger partial charge < -0.3 is 5.32 Å². The molecule has 0 amide bonds. The van der Waals surface area contributed by atoms with Gasteiger partial charge in [0.15, 0.2) is 0 Å². The molecule has 0 aliphatic heterocycles. The van der Waals surface area contributed by atoms with Gasteiger partial charge in [0.2, 0.25) is 0 Å². The van der Waals surface area contributed by atoms with Gasteiger partial charge in [0, 0.05) is 17.2 Å². The van der Waals surface area contributed by atoms with Crippen molar-refractivity contribution in [3.8, 4) is 0 Å². The van der Waals surface area contributed by atoms with Crippen molar-refractivity contribution < 1.29 is 4.39 Å². The van der Waals surface area contributed by atoms with E-state index >= 15 is 0 Å². The van der Waals surface area contributed by atoms with Crippen LogP contribution in [0.2, 0.25) is 0 Å². The molecule has 1 rings (SSSR count). The Kier molecular flexibility index (Phi) is 5.73. The van der Waals surface area contributed by atoms with Gasteiger partial charge >= 0.3 is 0 Å². The van der Waals surface area contributed by atoms with Crippen molar-refractivity contribution in [2.24, 2.45) is 5.92 Å². The maximum absolute atomic E-state index is 13.2. The molecule has 0 aliphatic rings. The molecule has 1 aromatic carbocycles. The predicted molar refractivity (Wildman–Crippen MR) is 64.8 cm³/mol. The van der Waals surface area contributed by atoms with Crippen molar-refractivity contribution in [1.29, 1.82) is 0 Å². The first kappa shape index (κ1) is 12.5. The third-order valence-corrected chi connectivity index (χ3v) is 2.98. The molecule has 0 atom stereocenters. The zero-order chi connectivity index (χ0) is 11.1. The van der Waals surface area contributed by atoms with Crippen LogP contribution in [-0.2, 0) is 0 Å². The lowest BCUT2D eigenvalue weighted by atomic mass is 10.2. The van der Waals surface area contributed by atoms with Gasteiger partial charge in [-0.25, -0.2) is 4.39 Å². The maximum atomic E-state index is 13.2. The first-order valence-electron chi connectivity index (χ1n) is 5.28. The average molecular weight is 227 g/mol. The molecule has 84 valence electrons. The minimum absolute atomic E-state index is 0.119. The van der Waals surface area contributed by atoms with E-state index in [-0.39, 0.29) is 5.82 Å². The first-order valence-corrected chi connectivity index (χ1v) is 6.26. The zero-order valence-corrected chi connectivity index (χ0v) is 10.1. The van der Waals surface area contributed by atoms with Crippen LogP contribution in [0.3, 0.4) is 0 Å². The van der Waals surface area contributed by atoms with Gasteiger partial charge in [-0.3, -0.25) is 0 Å². The summed E-state index contributed by atoms with van der Waals surface area (Å²) in [5.41, 5.74) is 0. The highest BCUT2D eigenvalue weighted by Gasteiger charge is 2.00. The number of halogens is 1. The fourth-order valence-corrected chi connectivity index (χ4v) is 2.03. The summed E-state index contributed by atoms with van der Waals surface area (Å²) < 4.78 is 13.2. The standard InChI is InChI=1S/C12H18FNS/c1-10(2)9-14-7-8-15-12-6-4-3-5-11(12)13/h3-6,10,14H,7-9H2,1-2H3. The van der Waals surface area contributed by atoms with Crippen LogP contribution >= 0.6 is 11.8 Å². The normalized spacial score (nSPS) is 10.9. The highest BCUT2D eigenvalue weighted by Crippen LogP contribution is 2.20. The average Bonchev–Trinajstić information content (AvgIpc) is 2.20. The SMILES string of the molecule is CC(C)CNCCSc1ccccc1F. The van der Waals surface area contributed by atoms with Crippen LogP contribution in [0.15, 0.2) is 29.2 Å². The summed E-state index contributed by atoms with van der Waals surface area (Å²) in [4.78, 5) is 0.740. The summed E-state index contributed by atoms with van der Waals surface area (Å²) in [5, 5.41) is 3.33. The molecule has 1 aromatic rings. The Labute approximate surface area is 95.5 Å². The van der Waals surface area contributed by atoms with E-state index in [1.807, 2.05) is 12.1 Å². The lowest BCUT2D eigenvalue weighted by molar-refractivity contribution is 0.568. The molecule has 0 radical (unpaired) electrons. The van der Waals surface area contributed by atoms with Gasteiger partial charge in [0.25, 0.3) is 0 Å². The van der Waals surface area contributed by atoms with Crippen LogP contribution in [-0.4, -0.2) is 18.8 Å². The molecule has 0 aliphatic carbocycles. The van der Waals surface area contributed by atoms with E-state index in [0.717, 1.165) is 23.7 Å². The predicted octanol–water partition coefficient (Wildman–Crippen LogP) is 3.16.